The van der Waals surface area contributed by atoms with Crippen LogP contribution in [0.2, 0.25) is 0 Å². The first-order valence-corrected chi connectivity index (χ1v) is 7.97. The highest BCUT2D eigenvalue weighted by atomic mass is 16.2. The van der Waals surface area contributed by atoms with Gasteiger partial charge in [0.1, 0.15) is 5.69 Å². The molecule has 2 amide bonds. The highest BCUT2D eigenvalue weighted by Crippen LogP contribution is 2.15. The topological polar surface area (TPSA) is 83.1 Å². The Hall–Kier alpha value is -2.89. The van der Waals surface area contributed by atoms with E-state index in [1.54, 1.807) is 36.5 Å². The van der Waals surface area contributed by atoms with Gasteiger partial charge < -0.3 is 16.0 Å². The molecule has 24 heavy (non-hydrogen) atoms. The number of aromatic nitrogens is 1. The molecule has 0 spiro atoms. The molecule has 0 atom stereocenters. The largest absolute Gasteiger partial charge is 0.384 e. The van der Waals surface area contributed by atoms with Gasteiger partial charge in [-0.05, 0) is 42.8 Å². The predicted molar refractivity (Wildman–Crippen MR) is 96.3 cm³/mol. The Morgan fingerprint density at radius 1 is 0.958 bits per heavy atom. The average molecular weight is 326 g/mol. The summed E-state index contributed by atoms with van der Waals surface area (Å²) in [6.07, 6.45) is 3.88. The van der Waals surface area contributed by atoms with E-state index in [1.165, 1.54) is 6.92 Å². The zero-order chi connectivity index (χ0) is 17.4. The minimum Gasteiger partial charge on any atom is -0.384 e. The van der Waals surface area contributed by atoms with Crippen LogP contribution in [0.4, 0.5) is 17.1 Å². The summed E-state index contributed by atoms with van der Waals surface area (Å²) >= 11 is 0. The van der Waals surface area contributed by atoms with Crippen molar-refractivity contribution in [3.05, 3.63) is 48.3 Å². The van der Waals surface area contributed by atoms with Gasteiger partial charge in [-0.1, -0.05) is 13.3 Å². The third-order valence-corrected chi connectivity index (χ3v) is 3.32. The number of carbonyl (C=O) groups is 2. The van der Waals surface area contributed by atoms with Gasteiger partial charge in [0.25, 0.3) is 5.91 Å². The Kier molecular flexibility index (Phi) is 6.31. The Balaban J connectivity index is 1.93. The van der Waals surface area contributed by atoms with Crippen LogP contribution in [0.5, 0.6) is 0 Å². The van der Waals surface area contributed by atoms with Crippen LogP contribution in [0, 0.1) is 0 Å². The van der Waals surface area contributed by atoms with E-state index < -0.39 is 0 Å². The third-order valence-electron chi connectivity index (χ3n) is 3.32. The number of anilines is 3. The summed E-state index contributed by atoms with van der Waals surface area (Å²) in [5.74, 6) is -0.411. The normalized spacial score (nSPS) is 10.1. The molecule has 6 nitrogen and oxygen atoms in total. The second kappa shape index (κ2) is 8.67. The molecule has 0 bridgehead atoms. The van der Waals surface area contributed by atoms with Crippen molar-refractivity contribution < 1.29 is 9.59 Å². The third kappa shape index (κ3) is 5.39. The first-order chi connectivity index (χ1) is 11.6. The summed E-state index contributed by atoms with van der Waals surface area (Å²) in [6, 6.07) is 10.4. The molecule has 1 heterocycles. The van der Waals surface area contributed by atoms with Gasteiger partial charge in [0, 0.05) is 24.8 Å². The molecular weight excluding hydrogens is 304 g/mol. The maximum Gasteiger partial charge on any atom is 0.274 e. The summed E-state index contributed by atoms with van der Waals surface area (Å²) in [7, 11) is 0. The van der Waals surface area contributed by atoms with Crippen LogP contribution in [0.15, 0.2) is 42.6 Å². The molecule has 1 aromatic carbocycles. The van der Waals surface area contributed by atoms with Crippen LogP contribution < -0.4 is 16.0 Å². The second-order valence-electron chi connectivity index (χ2n) is 5.43. The number of nitrogens with one attached hydrogen (secondary N) is 3. The quantitative estimate of drug-likeness (QED) is 0.680. The summed E-state index contributed by atoms with van der Waals surface area (Å²) in [5, 5.41) is 8.70. The summed E-state index contributed by atoms with van der Waals surface area (Å²) in [6.45, 7) is 4.47. The molecule has 0 unspecified atom stereocenters. The molecule has 0 fully saturated rings. The zero-order valence-electron chi connectivity index (χ0n) is 13.9. The minimum absolute atomic E-state index is 0.136. The molecule has 0 aliphatic rings. The Bertz CT molecular complexity index is 681. The molecule has 2 aromatic rings. The minimum atomic E-state index is -0.276. The number of hydrogen-bond acceptors (Lipinski definition) is 4. The van der Waals surface area contributed by atoms with Crippen molar-refractivity contribution >= 4 is 28.9 Å². The average Bonchev–Trinajstić information content (AvgIpc) is 2.57. The number of pyridine rings is 1. The fraction of sp³-hybridized carbons (Fsp3) is 0.278. The fourth-order valence-electron chi connectivity index (χ4n) is 2.08. The standard InChI is InChI=1S/C18H22N4O2/c1-3-4-11-19-16-9-10-17(20-12-16)18(24)22-15-7-5-14(6-8-15)21-13(2)23/h5-10,12,19H,3-4,11H2,1-2H3,(H,21,23)(H,22,24). The van der Waals surface area contributed by atoms with Crippen LogP contribution in [0.3, 0.4) is 0 Å². The first kappa shape index (κ1) is 17.5. The van der Waals surface area contributed by atoms with Crippen molar-refractivity contribution in [2.24, 2.45) is 0 Å². The van der Waals surface area contributed by atoms with Crippen molar-refractivity contribution in [1.29, 1.82) is 0 Å². The number of carbonyl (C=O) groups excluding carboxylic acids is 2. The lowest BCUT2D eigenvalue weighted by Crippen LogP contribution is -2.14. The van der Waals surface area contributed by atoms with Crippen LogP contribution >= 0.6 is 0 Å². The smallest absolute Gasteiger partial charge is 0.274 e. The monoisotopic (exact) mass is 326 g/mol. The number of unbranched alkanes of at least 4 members (excludes halogenated alkanes) is 1. The number of rotatable bonds is 7. The Morgan fingerprint density at radius 2 is 1.58 bits per heavy atom. The van der Waals surface area contributed by atoms with Crippen molar-refractivity contribution in [2.75, 3.05) is 22.5 Å². The van der Waals surface area contributed by atoms with E-state index in [0.717, 1.165) is 25.1 Å². The van der Waals surface area contributed by atoms with E-state index in [-0.39, 0.29) is 11.8 Å². The van der Waals surface area contributed by atoms with E-state index in [4.69, 9.17) is 0 Å². The lowest BCUT2D eigenvalue weighted by molar-refractivity contribution is -0.114. The van der Waals surface area contributed by atoms with E-state index >= 15 is 0 Å². The molecule has 126 valence electrons. The highest BCUT2D eigenvalue weighted by Gasteiger charge is 2.07. The fourth-order valence-corrected chi connectivity index (χ4v) is 2.08. The summed E-state index contributed by atoms with van der Waals surface area (Å²) in [5.41, 5.74) is 2.57. The van der Waals surface area contributed by atoms with Gasteiger partial charge in [0.05, 0.1) is 11.9 Å². The maximum absolute atomic E-state index is 12.2. The van der Waals surface area contributed by atoms with Gasteiger partial charge in [-0.2, -0.15) is 0 Å². The molecule has 0 saturated carbocycles. The van der Waals surface area contributed by atoms with E-state index in [0.29, 0.717) is 17.1 Å². The van der Waals surface area contributed by atoms with Crippen molar-refractivity contribution in [1.82, 2.24) is 4.98 Å². The zero-order valence-corrected chi connectivity index (χ0v) is 13.9. The highest BCUT2D eigenvalue weighted by molar-refractivity contribution is 6.03. The molecule has 0 aliphatic carbocycles. The van der Waals surface area contributed by atoms with E-state index in [2.05, 4.69) is 27.9 Å². The lowest BCUT2D eigenvalue weighted by Gasteiger charge is -2.08. The van der Waals surface area contributed by atoms with Crippen molar-refractivity contribution in [3.8, 4) is 0 Å². The molecule has 6 heteroatoms. The molecule has 2 rings (SSSR count). The van der Waals surface area contributed by atoms with Crippen molar-refractivity contribution in [2.45, 2.75) is 26.7 Å². The van der Waals surface area contributed by atoms with E-state index in [9.17, 15) is 9.59 Å². The predicted octanol–water partition coefficient (Wildman–Crippen LogP) is 3.50. The maximum atomic E-state index is 12.2. The van der Waals surface area contributed by atoms with Gasteiger partial charge in [-0.15, -0.1) is 0 Å². The summed E-state index contributed by atoms with van der Waals surface area (Å²) in [4.78, 5) is 27.3. The second-order valence-corrected chi connectivity index (χ2v) is 5.43. The summed E-state index contributed by atoms with van der Waals surface area (Å²) < 4.78 is 0. The van der Waals surface area contributed by atoms with Crippen LogP contribution in [-0.4, -0.2) is 23.3 Å². The lowest BCUT2D eigenvalue weighted by atomic mass is 10.2. The molecule has 3 N–H and O–H groups in total. The number of benzene rings is 1. The number of hydrogen-bond donors (Lipinski definition) is 3. The van der Waals surface area contributed by atoms with Crippen LogP contribution in [0.1, 0.15) is 37.2 Å². The van der Waals surface area contributed by atoms with E-state index in [1.807, 2.05) is 6.07 Å². The first-order valence-electron chi connectivity index (χ1n) is 7.97. The van der Waals surface area contributed by atoms with Crippen LogP contribution in [0.25, 0.3) is 0 Å². The van der Waals surface area contributed by atoms with Crippen LogP contribution in [-0.2, 0) is 4.79 Å². The number of amides is 2. The van der Waals surface area contributed by atoms with Gasteiger partial charge in [0.2, 0.25) is 5.91 Å². The van der Waals surface area contributed by atoms with Gasteiger partial charge in [-0.3, -0.25) is 9.59 Å². The Morgan fingerprint density at radius 3 is 2.12 bits per heavy atom. The molecule has 1 aromatic heterocycles. The van der Waals surface area contributed by atoms with Gasteiger partial charge in [-0.25, -0.2) is 4.98 Å². The molecule has 0 saturated heterocycles. The van der Waals surface area contributed by atoms with Gasteiger partial charge in [0.15, 0.2) is 0 Å². The van der Waals surface area contributed by atoms with Crippen molar-refractivity contribution in [3.63, 3.8) is 0 Å². The Labute approximate surface area is 141 Å². The van der Waals surface area contributed by atoms with Gasteiger partial charge >= 0.3 is 0 Å². The molecular formula is C18H22N4O2. The molecule has 0 radical (unpaired) electrons. The SMILES string of the molecule is CCCCNc1ccc(C(=O)Nc2ccc(NC(C)=O)cc2)nc1. The molecule has 0 aliphatic heterocycles. The number of nitrogens with zero attached hydrogens (tertiary/aromatic N) is 1.